The van der Waals surface area contributed by atoms with Gasteiger partial charge in [-0.25, -0.2) is 18.0 Å². The van der Waals surface area contributed by atoms with E-state index in [4.69, 9.17) is 9.47 Å². The van der Waals surface area contributed by atoms with Crippen molar-refractivity contribution in [2.75, 3.05) is 6.54 Å². The molecular weight excluding hydrogens is 666 g/mol. The maximum Gasteiger partial charge on any atom is 0.410 e. The van der Waals surface area contributed by atoms with Gasteiger partial charge in [0.05, 0.1) is 11.8 Å². The first-order valence-corrected chi connectivity index (χ1v) is 19.2. The second-order valence-electron chi connectivity index (χ2n) is 15.3. The third-order valence-corrected chi connectivity index (χ3v) is 11.7. The number of rotatable bonds is 5. The molecule has 2 saturated heterocycles. The molecule has 15 heteroatoms. The Hall–Kier alpha value is -3.88. The van der Waals surface area contributed by atoms with Gasteiger partial charge in [0, 0.05) is 19.5 Å². The quantitative estimate of drug-likeness (QED) is 0.411. The van der Waals surface area contributed by atoms with E-state index in [2.05, 4.69) is 15.4 Å². The van der Waals surface area contributed by atoms with Gasteiger partial charge in [-0.05, 0) is 70.9 Å². The summed E-state index contributed by atoms with van der Waals surface area (Å²) in [6.45, 7) is 8.69. The van der Waals surface area contributed by atoms with Crippen LogP contribution >= 0.6 is 0 Å². The summed E-state index contributed by atoms with van der Waals surface area (Å²) < 4.78 is 38.9. The molecule has 276 valence electrons. The van der Waals surface area contributed by atoms with E-state index in [-0.39, 0.29) is 25.3 Å². The predicted molar refractivity (Wildman–Crippen MR) is 183 cm³/mol. The zero-order chi connectivity index (χ0) is 36.4. The van der Waals surface area contributed by atoms with Crippen molar-refractivity contribution in [3.05, 3.63) is 35.4 Å². The summed E-state index contributed by atoms with van der Waals surface area (Å²) in [7, 11) is -3.98. The third-order valence-electron chi connectivity index (χ3n) is 9.96. The molecule has 1 aromatic carbocycles. The highest BCUT2D eigenvalue weighted by molar-refractivity contribution is 7.90. The Bertz CT molecular complexity index is 1570. The molecular formula is C35H51N5O9S. The average molecular weight is 718 g/mol. The summed E-state index contributed by atoms with van der Waals surface area (Å²) in [5.41, 5.74) is -0.249. The maximum absolute atomic E-state index is 14.3. The molecule has 3 N–H and O–H groups in total. The van der Waals surface area contributed by atoms with Crippen molar-refractivity contribution in [2.24, 2.45) is 5.92 Å². The third kappa shape index (κ3) is 8.70. The van der Waals surface area contributed by atoms with Crippen LogP contribution in [0, 0.1) is 5.92 Å². The number of hydrogen-bond donors (Lipinski definition) is 3. The number of sulfonamides is 1. The maximum atomic E-state index is 14.3. The Morgan fingerprint density at radius 3 is 2.22 bits per heavy atom. The molecule has 0 bridgehead atoms. The topological polar surface area (TPSA) is 181 Å². The van der Waals surface area contributed by atoms with E-state index in [1.54, 1.807) is 25.7 Å². The number of carbonyl (C=O) groups is 5. The number of nitrogens with zero attached hydrogens (tertiary/aromatic N) is 2. The number of ether oxygens (including phenoxy) is 2. The monoisotopic (exact) mass is 717 g/mol. The van der Waals surface area contributed by atoms with E-state index in [0.29, 0.717) is 32.4 Å². The van der Waals surface area contributed by atoms with Crippen molar-refractivity contribution in [3.8, 4) is 0 Å². The van der Waals surface area contributed by atoms with Crippen molar-refractivity contribution >= 4 is 39.9 Å². The minimum absolute atomic E-state index is 0.0457. The van der Waals surface area contributed by atoms with Gasteiger partial charge in [0.15, 0.2) is 0 Å². The van der Waals surface area contributed by atoms with Gasteiger partial charge in [0.2, 0.25) is 21.8 Å². The Balaban J connectivity index is 1.40. The fourth-order valence-corrected chi connectivity index (χ4v) is 7.71. The van der Waals surface area contributed by atoms with Crippen LogP contribution in [0.15, 0.2) is 24.3 Å². The summed E-state index contributed by atoms with van der Waals surface area (Å²) in [6, 6.07) is 5.51. The van der Waals surface area contributed by atoms with E-state index in [1.165, 1.54) is 18.7 Å². The summed E-state index contributed by atoms with van der Waals surface area (Å²) in [5, 5.41) is 4.68. The summed E-state index contributed by atoms with van der Waals surface area (Å²) in [6.07, 6.45) is 2.85. The smallest absolute Gasteiger partial charge is 0.410 e. The highest BCUT2D eigenvalue weighted by atomic mass is 32.2. The molecule has 5 amide bonds. The molecule has 0 unspecified atom stereocenters. The number of hydrogen-bond acceptors (Lipinski definition) is 9. The Morgan fingerprint density at radius 2 is 1.60 bits per heavy atom. The van der Waals surface area contributed by atoms with Crippen LogP contribution in [0.3, 0.4) is 0 Å². The van der Waals surface area contributed by atoms with Crippen LogP contribution in [0.2, 0.25) is 0 Å². The zero-order valence-electron chi connectivity index (χ0n) is 29.7. The van der Waals surface area contributed by atoms with Gasteiger partial charge in [-0.3, -0.25) is 24.0 Å². The SMILES string of the molecule is CC(C)S(=O)(=O)NC(=O)[C@@]12C[C@H]1CCCCCCC[C@H](NC(=O)OC(C)(C)C)C(=O)N1C[C@H](OC(=O)N3Cc4ccccc4C3)C[C@H]1C(=O)N2. The molecule has 0 aromatic heterocycles. The molecule has 3 aliphatic heterocycles. The van der Waals surface area contributed by atoms with Gasteiger partial charge >= 0.3 is 12.2 Å². The molecule has 3 heterocycles. The highest BCUT2D eigenvalue weighted by Crippen LogP contribution is 2.48. The fraction of sp³-hybridized carbons (Fsp3) is 0.686. The van der Waals surface area contributed by atoms with E-state index in [1.807, 2.05) is 24.3 Å². The average Bonchev–Trinajstić information content (AvgIpc) is 3.33. The number of fused-ring (bicyclic) bond motifs is 3. The Morgan fingerprint density at radius 1 is 0.980 bits per heavy atom. The molecule has 1 saturated carbocycles. The Labute approximate surface area is 294 Å². The standard InChI is InChI=1S/C35H51N5O9S/c1-22(2)50(46,47)38-31(43)35-18-25(35)15-9-7-6-8-10-16-27(36-32(44)49-34(3,4)5)30(42)40-21-26(17-28(40)29(41)37-35)48-33(45)39-19-23-13-11-12-14-24(23)20-39/h11-14,22,25-28H,6-10,15-21H2,1-5H3,(H,36,44)(H,37,41)(H,38,43)/t25-,26-,27+,28+,35-/m1/s1. The second-order valence-corrected chi connectivity index (χ2v) is 17.5. The van der Waals surface area contributed by atoms with Crippen molar-refractivity contribution in [1.82, 2.24) is 25.2 Å². The van der Waals surface area contributed by atoms with E-state index in [9.17, 15) is 32.4 Å². The number of alkyl carbamates (subject to hydrolysis) is 1. The molecule has 50 heavy (non-hydrogen) atoms. The molecule has 5 atom stereocenters. The molecule has 3 fully saturated rings. The summed E-state index contributed by atoms with van der Waals surface area (Å²) in [4.78, 5) is 71.1. The molecule has 0 radical (unpaired) electrons. The summed E-state index contributed by atoms with van der Waals surface area (Å²) >= 11 is 0. The van der Waals surface area contributed by atoms with Crippen LogP contribution in [-0.2, 0) is 47.0 Å². The second kappa shape index (κ2) is 14.8. The van der Waals surface area contributed by atoms with Gasteiger partial charge in [-0.1, -0.05) is 56.4 Å². The van der Waals surface area contributed by atoms with Crippen molar-refractivity contribution in [1.29, 1.82) is 0 Å². The van der Waals surface area contributed by atoms with Crippen molar-refractivity contribution < 1.29 is 41.9 Å². The number of amides is 5. The minimum Gasteiger partial charge on any atom is -0.444 e. The van der Waals surface area contributed by atoms with Gasteiger partial charge in [-0.2, -0.15) is 0 Å². The van der Waals surface area contributed by atoms with Gasteiger partial charge in [-0.15, -0.1) is 0 Å². The lowest BCUT2D eigenvalue weighted by molar-refractivity contribution is -0.141. The lowest BCUT2D eigenvalue weighted by atomic mass is 10.0. The molecule has 0 spiro atoms. The largest absolute Gasteiger partial charge is 0.444 e. The van der Waals surface area contributed by atoms with Crippen LogP contribution in [0.1, 0.15) is 104 Å². The lowest BCUT2D eigenvalue weighted by Crippen LogP contribution is -2.58. The fourth-order valence-electron chi connectivity index (χ4n) is 7.04. The highest BCUT2D eigenvalue weighted by Gasteiger charge is 2.62. The van der Waals surface area contributed by atoms with Crippen molar-refractivity contribution in [2.45, 2.75) is 140 Å². The van der Waals surface area contributed by atoms with Crippen LogP contribution < -0.4 is 15.4 Å². The molecule has 1 aliphatic carbocycles. The zero-order valence-corrected chi connectivity index (χ0v) is 30.5. The first-order chi connectivity index (χ1) is 23.5. The van der Waals surface area contributed by atoms with Gasteiger partial charge in [0.1, 0.15) is 29.3 Å². The molecule has 4 aliphatic rings. The first kappa shape index (κ1) is 37.4. The molecule has 5 rings (SSSR count). The minimum atomic E-state index is -3.98. The van der Waals surface area contributed by atoms with E-state index >= 15 is 0 Å². The Kier molecular flexibility index (Phi) is 11.0. The van der Waals surface area contributed by atoms with Crippen molar-refractivity contribution in [3.63, 3.8) is 0 Å². The summed E-state index contributed by atoms with van der Waals surface area (Å²) in [5.74, 6) is -2.27. The van der Waals surface area contributed by atoms with Gasteiger partial charge < -0.3 is 25.0 Å². The predicted octanol–water partition coefficient (Wildman–Crippen LogP) is 3.48. The molecule has 14 nitrogen and oxygen atoms in total. The van der Waals surface area contributed by atoms with Crippen LogP contribution in [0.25, 0.3) is 0 Å². The van der Waals surface area contributed by atoms with E-state index < -0.39 is 74.5 Å². The number of carbonyl (C=O) groups excluding carboxylic acids is 5. The first-order valence-electron chi connectivity index (χ1n) is 17.7. The number of benzene rings is 1. The van der Waals surface area contributed by atoms with Crippen LogP contribution in [0.4, 0.5) is 9.59 Å². The van der Waals surface area contributed by atoms with E-state index in [0.717, 1.165) is 36.8 Å². The van der Waals surface area contributed by atoms with Crippen LogP contribution in [-0.4, -0.2) is 89.2 Å². The lowest BCUT2D eigenvalue weighted by Gasteiger charge is -2.30. The van der Waals surface area contributed by atoms with Crippen LogP contribution in [0.5, 0.6) is 0 Å². The molecule has 1 aromatic rings. The normalized spacial score (nSPS) is 27.6. The van der Waals surface area contributed by atoms with Gasteiger partial charge in [0.25, 0.3) is 5.91 Å². The number of nitrogens with one attached hydrogen (secondary N) is 3.